The number of imide groups is 1. The van der Waals surface area contributed by atoms with Crippen molar-refractivity contribution in [1.29, 1.82) is 10.5 Å². The number of anilines is 1. The number of carbonyl (C=O) groups is 2. The third-order valence-corrected chi connectivity index (χ3v) is 4.92. The van der Waals surface area contributed by atoms with E-state index in [1.54, 1.807) is 43.3 Å². The van der Waals surface area contributed by atoms with Crippen LogP contribution in [0.25, 0.3) is 0 Å². The lowest BCUT2D eigenvalue weighted by atomic mass is 9.89. The smallest absolute Gasteiger partial charge is 0.414 e. The summed E-state index contributed by atoms with van der Waals surface area (Å²) in [5, 5.41) is 32.5. The summed E-state index contributed by atoms with van der Waals surface area (Å²) in [7, 11) is 0. The van der Waals surface area contributed by atoms with Crippen molar-refractivity contribution in [2.45, 2.75) is 19.8 Å². The number of nitrogens with one attached hydrogen (secondary N) is 1. The van der Waals surface area contributed by atoms with Crippen molar-refractivity contribution in [3.8, 4) is 12.1 Å². The third-order valence-electron chi connectivity index (χ3n) is 4.36. The Morgan fingerprint density at radius 1 is 1.23 bits per heavy atom. The van der Waals surface area contributed by atoms with Crippen LogP contribution in [0, 0.1) is 29.6 Å². The summed E-state index contributed by atoms with van der Waals surface area (Å²) in [6.45, 7) is 3.09. The first-order valence-electron chi connectivity index (χ1n) is 8.97. The van der Waals surface area contributed by atoms with Gasteiger partial charge in [-0.25, -0.2) is 9.69 Å². The second-order valence-corrected chi connectivity index (χ2v) is 7.16. The zero-order chi connectivity index (χ0) is 23.1. The lowest BCUT2D eigenvalue weighted by Crippen LogP contribution is -2.40. The number of nitriles is 2. The van der Waals surface area contributed by atoms with Gasteiger partial charge in [0.25, 0.3) is 5.91 Å². The summed E-state index contributed by atoms with van der Waals surface area (Å²) >= 11 is 12.3. The van der Waals surface area contributed by atoms with E-state index in [2.05, 4.69) is 16.6 Å². The van der Waals surface area contributed by atoms with Crippen molar-refractivity contribution < 1.29 is 14.7 Å². The molecule has 1 atom stereocenters. The van der Waals surface area contributed by atoms with Gasteiger partial charge in [0, 0.05) is 16.6 Å². The number of carboxylic acid groups (broad SMARTS) is 1. The first kappa shape index (κ1) is 23.7. The molecule has 2 aromatic carbocycles. The third kappa shape index (κ3) is 5.52. The standard InChI is InChI=1S/C21H17Cl2N5O3/c1-3-28(21(30)31)20(29)18(11-25)27-26-15-8-12(2)19(17(23)9-15)16(10-24)13-4-6-14(22)7-5-13/h4-9,16,26H,3H2,1-2H3,(H,30,31). The molecule has 0 aromatic heterocycles. The summed E-state index contributed by atoms with van der Waals surface area (Å²) in [6, 6.07) is 13.8. The predicted molar refractivity (Wildman–Crippen MR) is 117 cm³/mol. The summed E-state index contributed by atoms with van der Waals surface area (Å²) in [5.41, 5.74) is 4.28. The van der Waals surface area contributed by atoms with Gasteiger partial charge in [-0.2, -0.15) is 15.6 Å². The molecule has 0 aliphatic rings. The Hall–Kier alpha value is -3.59. The minimum absolute atomic E-state index is 0.130. The van der Waals surface area contributed by atoms with Gasteiger partial charge in [-0.1, -0.05) is 35.3 Å². The van der Waals surface area contributed by atoms with Crippen LogP contribution in [0.15, 0.2) is 41.5 Å². The molecular formula is C21H17Cl2N5O3. The zero-order valence-electron chi connectivity index (χ0n) is 16.6. The Labute approximate surface area is 188 Å². The maximum atomic E-state index is 12.1. The number of benzene rings is 2. The van der Waals surface area contributed by atoms with Crippen LogP contribution in [0.1, 0.15) is 29.5 Å². The highest BCUT2D eigenvalue weighted by molar-refractivity contribution is 6.46. The van der Waals surface area contributed by atoms with E-state index >= 15 is 0 Å². The zero-order valence-corrected chi connectivity index (χ0v) is 18.1. The van der Waals surface area contributed by atoms with Crippen LogP contribution >= 0.6 is 23.2 Å². The number of amides is 2. The number of aryl methyl sites for hydroxylation is 1. The molecule has 0 aliphatic carbocycles. The molecule has 0 radical (unpaired) electrons. The molecule has 158 valence electrons. The molecule has 0 aliphatic heterocycles. The average Bonchev–Trinajstić information content (AvgIpc) is 2.72. The molecular weight excluding hydrogens is 441 g/mol. The van der Waals surface area contributed by atoms with E-state index < -0.39 is 23.6 Å². The molecule has 10 heteroatoms. The van der Waals surface area contributed by atoms with Gasteiger partial charge in [-0.3, -0.25) is 10.2 Å². The quantitative estimate of drug-likeness (QED) is 0.474. The Kier molecular flexibility index (Phi) is 7.98. The molecule has 31 heavy (non-hydrogen) atoms. The maximum Gasteiger partial charge on any atom is 0.414 e. The molecule has 2 aromatic rings. The van der Waals surface area contributed by atoms with Gasteiger partial charge >= 0.3 is 6.09 Å². The average molecular weight is 458 g/mol. The molecule has 2 amide bonds. The number of nitrogens with zero attached hydrogens (tertiary/aromatic N) is 4. The number of hydrogen-bond donors (Lipinski definition) is 2. The van der Waals surface area contributed by atoms with E-state index in [0.29, 0.717) is 26.7 Å². The van der Waals surface area contributed by atoms with Crippen LogP contribution in [0.5, 0.6) is 0 Å². The van der Waals surface area contributed by atoms with E-state index in [4.69, 9.17) is 28.3 Å². The van der Waals surface area contributed by atoms with Crippen molar-refractivity contribution in [3.63, 3.8) is 0 Å². The SMILES string of the molecule is CCN(C(=O)O)C(=O)C(C#N)=NNc1cc(C)c(C(C#N)c2ccc(Cl)cc2)c(Cl)c1. The fourth-order valence-corrected chi connectivity index (χ4v) is 3.38. The predicted octanol–water partition coefficient (Wildman–Crippen LogP) is 4.78. The highest BCUT2D eigenvalue weighted by Crippen LogP contribution is 2.35. The largest absolute Gasteiger partial charge is 0.465 e. The van der Waals surface area contributed by atoms with Crippen LogP contribution in [0.3, 0.4) is 0 Å². The first-order chi connectivity index (χ1) is 14.7. The van der Waals surface area contributed by atoms with Crippen molar-refractivity contribution in [3.05, 3.63) is 63.1 Å². The lowest BCUT2D eigenvalue weighted by Gasteiger charge is -2.17. The lowest BCUT2D eigenvalue weighted by molar-refractivity contribution is -0.121. The minimum atomic E-state index is -1.48. The van der Waals surface area contributed by atoms with Crippen LogP contribution in [0.2, 0.25) is 10.0 Å². The topological polar surface area (TPSA) is 130 Å². The molecule has 0 saturated carbocycles. The highest BCUT2D eigenvalue weighted by atomic mass is 35.5. The number of rotatable bonds is 6. The second-order valence-electron chi connectivity index (χ2n) is 6.32. The molecule has 0 spiro atoms. The molecule has 2 rings (SSSR count). The van der Waals surface area contributed by atoms with E-state index in [1.165, 1.54) is 13.0 Å². The van der Waals surface area contributed by atoms with E-state index in [9.17, 15) is 20.1 Å². The molecule has 0 saturated heterocycles. The van der Waals surface area contributed by atoms with E-state index in [0.717, 1.165) is 5.56 Å². The van der Waals surface area contributed by atoms with Gasteiger partial charge in [-0.05, 0) is 54.8 Å². The summed E-state index contributed by atoms with van der Waals surface area (Å²) in [6.07, 6.45) is -1.48. The molecule has 0 bridgehead atoms. The van der Waals surface area contributed by atoms with Crippen molar-refractivity contribution in [2.75, 3.05) is 12.0 Å². The minimum Gasteiger partial charge on any atom is -0.465 e. The Morgan fingerprint density at radius 3 is 2.35 bits per heavy atom. The van der Waals surface area contributed by atoms with Gasteiger partial charge in [0.05, 0.1) is 17.7 Å². The Morgan fingerprint density at radius 2 is 1.87 bits per heavy atom. The van der Waals surface area contributed by atoms with Crippen LogP contribution in [0.4, 0.5) is 10.5 Å². The number of hydrogen-bond acceptors (Lipinski definition) is 6. The maximum absolute atomic E-state index is 12.1. The summed E-state index contributed by atoms with van der Waals surface area (Å²) in [5.74, 6) is -1.68. The molecule has 8 nitrogen and oxygen atoms in total. The first-order valence-corrected chi connectivity index (χ1v) is 9.72. The summed E-state index contributed by atoms with van der Waals surface area (Å²) in [4.78, 5) is 23.7. The normalized spacial score (nSPS) is 11.7. The number of hydrazone groups is 1. The van der Waals surface area contributed by atoms with Gasteiger partial charge < -0.3 is 5.11 Å². The van der Waals surface area contributed by atoms with Gasteiger partial charge in [-0.15, -0.1) is 0 Å². The Balaban J connectivity index is 2.35. The molecule has 2 N–H and O–H groups in total. The summed E-state index contributed by atoms with van der Waals surface area (Å²) < 4.78 is 0. The van der Waals surface area contributed by atoms with Gasteiger partial charge in [0.15, 0.2) is 0 Å². The van der Waals surface area contributed by atoms with Crippen LogP contribution < -0.4 is 5.43 Å². The van der Waals surface area contributed by atoms with Crippen LogP contribution in [-0.2, 0) is 4.79 Å². The molecule has 0 fully saturated rings. The van der Waals surface area contributed by atoms with Crippen molar-refractivity contribution in [1.82, 2.24) is 4.90 Å². The van der Waals surface area contributed by atoms with Crippen LogP contribution in [-0.4, -0.2) is 34.3 Å². The van der Waals surface area contributed by atoms with Crippen molar-refractivity contribution in [2.24, 2.45) is 5.10 Å². The fraction of sp³-hybridized carbons (Fsp3) is 0.190. The molecule has 0 heterocycles. The monoisotopic (exact) mass is 457 g/mol. The highest BCUT2D eigenvalue weighted by Gasteiger charge is 2.24. The van der Waals surface area contributed by atoms with E-state index in [-0.39, 0.29) is 11.6 Å². The second kappa shape index (κ2) is 10.4. The molecule has 1 unspecified atom stereocenters. The van der Waals surface area contributed by atoms with Gasteiger partial charge in [0.1, 0.15) is 6.07 Å². The number of halogens is 2. The number of carbonyl (C=O) groups excluding carboxylic acids is 1. The van der Waals surface area contributed by atoms with E-state index in [1.807, 2.05) is 0 Å². The fourth-order valence-electron chi connectivity index (χ4n) is 2.88. The van der Waals surface area contributed by atoms with Gasteiger partial charge in [0.2, 0.25) is 5.71 Å². The van der Waals surface area contributed by atoms with Crippen molar-refractivity contribution >= 4 is 46.6 Å². The Bertz CT molecular complexity index is 1090.